The molecule has 4 atom stereocenters. The van der Waals surface area contributed by atoms with E-state index in [-0.39, 0.29) is 12.4 Å². The minimum atomic E-state index is -1.04. The van der Waals surface area contributed by atoms with Crippen LogP contribution in [-0.4, -0.2) is 45.5 Å². The fraction of sp³-hybridized carbons (Fsp3) is 0.538. The summed E-state index contributed by atoms with van der Waals surface area (Å²) in [5.41, 5.74) is 0.993. The summed E-state index contributed by atoms with van der Waals surface area (Å²) in [7, 11) is 0. The van der Waals surface area contributed by atoms with Crippen molar-refractivity contribution in [1.29, 1.82) is 0 Å². The largest absolute Gasteiger partial charge is 0.508 e. The predicted octanol–water partition coefficient (Wildman–Crippen LogP) is 0.0114. The molecule has 0 spiro atoms. The molecular formula is C13H18O5. The molecule has 0 radical (unpaired) electrons. The Labute approximate surface area is 105 Å². The van der Waals surface area contributed by atoms with E-state index in [1.54, 1.807) is 24.3 Å². The third-order valence-electron chi connectivity index (χ3n) is 3.34. The van der Waals surface area contributed by atoms with Gasteiger partial charge >= 0.3 is 0 Å². The standard InChI is InChI=1S/C13H18O5/c14-9-4-1-8(2-5-9)3-6-10-12(16)11(15)7-18-13(10)17/h1-2,4-5,10-17H,3,6-7H2/t10-,11-,12-,13?/m1/s1. The Morgan fingerprint density at radius 2 is 1.78 bits per heavy atom. The average molecular weight is 254 g/mol. The number of aryl methyl sites for hydroxylation is 1. The summed E-state index contributed by atoms with van der Waals surface area (Å²) in [5.74, 6) is -0.294. The fourth-order valence-corrected chi connectivity index (χ4v) is 2.18. The molecule has 18 heavy (non-hydrogen) atoms. The van der Waals surface area contributed by atoms with Crippen molar-refractivity contribution in [2.45, 2.75) is 31.3 Å². The van der Waals surface area contributed by atoms with Gasteiger partial charge in [0.15, 0.2) is 6.29 Å². The summed E-state index contributed by atoms with van der Waals surface area (Å²) in [4.78, 5) is 0. The molecular weight excluding hydrogens is 236 g/mol. The fourth-order valence-electron chi connectivity index (χ4n) is 2.18. The number of hydrogen-bond acceptors (Lipinski definition) is 5. The number of hydrogen-bond donors (Lipinski definition) is 4. The number of aliphatic hydroxyl groups excluding tert-OH is 3. The third kappa shape index (κ3) is 3.00. The molecule has 1 unspecified atom stereocenters. The zero-order valence-corrected chi connectivity index (χ0v) is 9.94. The van der Waals surface area contributed by atoms with Crippen LogP contribution >= 0.6 is 0 Å². The van der Waals surface area contributed by atoms with Crippen LogP contribution in [0.2, 0.25) is 0 Å². The first-order valence-corrected chi connectivity index (χ1v) is 6.01. The van der Waals surface area contributed by atoms with Gasteiger partial charge in [-0.25, -0.2) is 0 Å². The summed E-state index contributed by atoms with van der Waals surface area (Å²) in [5, 5.41) is 38.1. The van der Waals surface area contributed by atoms with Gasteiger partial charge in [-0.3, -0.25) is 0 Å². The van der Waals surface area contributed by atoms with Crippen molar-refractivity contribution in [3.8, 4) is 5.75 Å². The minimum Gasteiger partial charge on any atom is -0.508 e. The van der Waals surface area contributed by atoms with E-state index in [1.807, 2.05) is 0 Å². The van der Waals surface area contributed by atoms with Crippen LogP contribution in [0.4, 0.5) is 0 Å². The number of rotatable bonds is 3. The van der Waals surface area contributed by atoms with Gasteiger partial charge in [0.1, 0.15) is 11.9 Å². The summed E-state index contributed by atoms with van der Waals surface area (Å²) in [6, 6.07) is 6.76. The van der Waals surface area contributed by atoms with E-state index in [4.69, 9.17) is 9.84 Å². The molecule has 1 saturated heterocycles. The van der Waals surface area contributed by atoms with Crippen LogP contribution in [0.1, 0.15) is 12.0 Å². The first kappa shape index (κ1) is 13.3. The first-order valence-electron chi connectivity index (χ1n) is 6.01. The van der Waals surface area contributed by atoms with Crippen molar-refractivity contribution in [2.24, 2.45) is 5.92 Å². The van der Waals surface area contributed by atoms with Crippen LogP contribution in [-0.2, 0) is 11.2 Å². The van der Waals surface area contributed by atoms with Crippen molar-refractivity contribution in [3.63, 3.8) is 0 Å². The maximum absolute atomic E-state index is 9.80. The molecule has 5 nitrogen and oxygen atoms in total. The Bertz CT molecular complexity index is 377. The molecule has 1 aromatic rings. The molecule has 0 amide bonds. The summed E-state index contributed by atoms with van der Waals surface area (Å²) < 4.78 is 4.99. The quantitative estimate of drug-likeness (QED) is 0.610. The normalized spacial score (nSPS) is 32.4. The lowest BCUT2D eigenvalue weighted by molar-refractivity contribution is -0.231. The second-order valence-corrected chi connectivity index (χ2v) is 4.65. The number of aromatic hydroxyl groups is 1. The molecule has 4 N–H and O–H groups in total. The minimum absolute atomic E-state index is 0.0436. The molecule has 5 heteroatoms. The van der Waals surface area contributed by atoms with Gasteiger partial charge in [-0.1, -0.05) is 12.1 Å². The molecule has 0 bridgehead atoms. The Balaban J connectivity index is 1.93. The van der Waals surface area contributed by atoms with E-state index >= 15 is 0 Å². The topological polar surface area (TPSA) is 90.2 Å². The van der Waals surface area contributed by atoms with E-state index < -0.39 is 24.4 Å². The van der Waals surface area contributed by atoms with Gasteiger partial charge in [-0.05, 0) is 30.5 Å². The summed E-state index contributed by atoms with van der Waals surface area (Å²) in [6.45, 7) is -0.0436. The molecule has 100 valence electrons. The number of aliphatic hydroxyl groups is 3. The molecule has 0 saturated carbocycles. The van der Waals surface area contributed by atoms with Gasteiger partial charge in [0.2, 0.25) is 0 Å². The number of phenolic OH excluding ortho intramolecular Hbond substituents is 1. The lowest BCUT2D eigenvalue weighted by Crippen LogP contribution is -2.49. The number of ether oxygens (including phenoxy) is 1. The number of phenols is 1. The Morgan fingerprint density at radius 3 is 2.44 bits per heavy atom. The van der Waals surface area contributed by atoms with Gasteiger partial charge in [0, 0.05) is 5.92 Å². The molecule has 1 aliphatic rings. The molecule has 0 aromatic heterocycles. The first-order chi connectivity index (χ1) is 8.58. The van der Waals surface area contributed by atoms with Crippen LogP contribution in [0.5, 0.6) is 5.75 Å². The monoisotopic (exact) mass is 254 g/mol. The molecule has 1 aromatic carbocycles. The van der Waals surface area contributed by atoms with Gasteiger partial charge < -0.3 is 25.2 Å². The molecule has 1 aliphatic heterocycles. The van der Waals surface area contributed by atoms with E-state index in [1.165, 1.54) is 0 Å². The van der Waals surface area contributed by atoms with Crippen molar-refractivity contribution < 1.29 is 25.2 Å². The maximum Gasteiger partial charge on any atom is 0.160 e. The molecule has 1 heterocycles. The van der Waals surface area contributed by atoms with Crippen molar-refractivity contribution in [1.82, 2.24) is 0 Å². The van der Waals surface area contributed by atoms with Crippen LogP contribution < -0.4 is 0 Å². The Morgan fingerprint density at radius 1 is 1.11 bits per heavy atom. The molecule has 2 rings (SSSR count). The number of benzene rings is 1. The maximum atomic E-state index is 9.80. The van der Waals surface area contributed by atoms with Crippen molar-refractivity contribution in [2.75, 3.05) is 6.61 Å². The summed E-state index contributed by atoms with van der Waals surface area (Å²) in [6.07, 6.45) is -1.82. The highest BCUT2D eigenvalue weighted by Gasteiger charge is 2.37. The molecule has 1 fully saturated rings. The predicted molar refractivity (Wildman–Crippen MR) is 63.9 cm³/mol. The highest BCUT2D eigenvalue weighted by atomic mass is 16.6. The third-order valence-corrected chi connectivity index (χ3v) is 3.34. The lowest BCUT2D eigenvalue weighted by atomic mass is 9.89. The Kier molecular flexibility index (Phi) is 4.19. The Hall–Kier alpha value is -1.14. The smallest absolute Gasteiger partial charge is 0.160 e. The van der Waals surface area contributed by atoms with E-state index in [0.29, 0.717) is 12.8 Å². The van der Waals surface area contributed by atoms with E-state index in [9.17, 15) is 15.3 Å². The van der Waals surface area contributed by atoms with Crippen molar-refractivity contribution >= 4 is 0 Å². The van der Waals surface area contributed by atoms with Crippen LogP contribution in [0.15, 0.2) is 24.3 Å². The van der Waals surface area contributed by atoms with E-state index in [0.717, 1.165) is 5.56 Å². The second-order valence-electron chi connectivity index (χ2n) is 4.65. The van der Waals surface area contributed by atoms with Crippen LogP contribution in [0.3, 0.4) is 0 Å². The lowest BCUT2D eigenvalue weighted by Gasteiger charge is -2.35. The SMILES string of the molecule is Oc1ccc(CC[C@H]2C(O)OC[C@@H](O)[C@@H]2O)cc1. The van der Waals surface area contributed by atoms with Crippen molar-refractivity contribution in [3.05, 3.63) is 29.8 Å². The van der Waals surface area contributed by atoms with Gasteiger partial charge in [0.05, 0.1) is 12.7 Å². The zero-order valence-electron chi connectivity index (χ0n) is 9.94. The highest BCUT2D eigenvalue weighted by molar-refractivity contribution is 5.25. The highest BCUT2D eigenvalue weighted by Crippen LogP contribution is 2.25. The van der Waals surface area contributed by atoms with Gasteiger partial charge in [0.25, 0.3) is 0 Å². The van der Waals surface area contributed by atoms with Gasteiger partial charge in [-0.2, -0.15) is 0 Å². The molecule has 0 aliphatic carbocycles. The second kappa shape index (κ2) is 5.67. The zero-order chi connectivity index (χ0) is 13.1. The van der Waals surface area contributed by atoms with Crippen LogP contribution in [0, 0.1) is 5.92 Å². The van der Waals surface area contributed by atoms with Gasteiger partial charge in [-0.15, -0.1) is 0 Å². The van der Waals surface area contributed by atoms with Crippen LogP contribution in [0.25, 0.3) is 0 Å². The summed E-state index contributed by atoms with van der Waals surface area (Å²) >= 11 is 0. The average Bonchev–Trinajstić information content (AvgIpc) is 2.36. The van der Waals surface area contributed by atoms with E-state index in [2.05, 4.69) is 0 Å².